The molecule has 1 aliphatic carbocycles. The zero-order valence-corrected chi connectivity index (χ0v) is 21.7. The number of aliphatic hydroxyl groups is 1. The van der Waals surface area contributed by atoms with E-state index in [1.807, 2.05) is 12.1 Å². The third-order valence-corrected chi connectivity index (χ3v) is 6.88. The minimum atomic E-state index is -0.488. The summed E-state index contributed by atoms with van der Waals surface area (Å²) >= 11 is 0. The fourth-order valence-electron chi connectivity index (χ4n) is 4.81. The molecule has 1 aliphatic rings. The van der Waals surface area contributed by atoms with Crippen LogP contribution in [0.15, 0.2) is 61.7 Å². The monoisotopic (exact) mass is 506 g/mol. The largest absolute Gasteiger partial charge is 0.491 e. The number of benzene rings is 2. The smallest absolute Gasteiger partial charge is 0.330 e. The van der Waals surface area contributed by atoms with Gasteiger partial charge in [0.1, 0.15) is 12.4 Å². The van der Waals surface area contributed by atoms with E-state index in [4.69, 9.17) is 14.2 Å². The van der Waals surface area contributed by atoms with Crippen LogP contribution in [0, 0.1) is 5.92 Å². The molecule has 198 valence electrons. The second-order valence-electron chi connectivity index (χ2n) is 9.52. The molecule has 0 aromatic heterocycles. The summed E-state index contributed by atoms with van der Waals surface area (Å²) in [5.74, 6) is 1.06. The maximum Gasteiger partial charge on any atom is 0.330 e. The Bertz CT molecular complexity index is 1020. The third-order valence-electron chi connectivity index (χ3n) is 6.88. The highest BCUT2D eigenvalue weighted by Crippen LogP contribution is 2.37. The summed E-state index contributed by atoms with van der Waals surface area (Å²) in [6, 6.07) is 12.8. The van der Waals surface area contributed by atoms with Crippen LogP contribution in [0.5, 0.6) is 5.75 Å². The van der Waals surface area contributed by atoms with Crippen LogP contribution in [0.3, 0.4) is 0 Å². The van der Waals surface area contributed by atoms with Crippen LogP contribution >= 0.6 is 0 Å². The molecule has 0 saturated heterocycles. The number of ether oxygens (including phenoxy) is 3. The molecule has 1 saturated carbocycles. The molecule has 0 aliphatic heterocycles. The molecular weight excluding hydrogens is 468 g/mol. The summed E-state index contributed by atoms with van der Waals surface area (Å²) in [5, 5.41) is 9.37. The molecule has 0 amide bonds. The quantitative estimate of drug-likeness (QED) is 0.283. The van der Waals surface area contributed by atoms with Crippen molar-refractivity contribution in [2.75, 3.05) is 26.4 Å². The molecule has 6 heteroatoms. The lowest BCUT2D eigenvalue weighted by atomic mass is 9.79. The van der Waals surface area contributed by atoms with E-state index in [1.165, 1.54) is 31.2 Å². The Morgan fingerprint density at radius 2 is 1.41 bits per heavy atom. The van der Waals surface area contributed by atoms with Crippen molar-refractivity contribution in [1.82, 2.24) is 0 Å². The Labute approximate surface area is 219 Å². The van der Waals surface area contributed by atoms with E-state index in [9.17, 15) is 14.7 Å². The van der Waals surface area contributed by atoms with Crippen LogP contribution in [0.2, 0.25) is 0 Å². The van der Waals surface area contributed by atoms with Crippen molar-refractivity contribution in [3.8, 4) is 16.9 Å². The van der Waals surface area contributed by atoms with Crippen LogP contribution < -0.4 is 4.74 Å². The van der Waals surface area contributed by atoms with E-state index < -0.39 is 11.9 Å². The van der Waals surface area contributed by atoms with Crippen molar-refractivity contribution < 1.29 is 28.9 Å². The van der Waals surface area contributed by atoms with E-state index in [0.717, 1.165) is 40.3 Å². The van der Waals surface area contributed by atoms with Gasteiger partial charge in [-0.1, -0.05) is 57.2 Å². The summed E-state index contributed by atoms with van der Waals surface area (Å²) in [6.45, 7) is 9.50. The highest BCUT2D eigenvalue weighted by molar-refractivity contribution is 5.81. The molecule has 37 heavy (non-hydrogen) atoms. The second kappa shape index (κ2) is 14.4. The lowest BCUT2D eigenvalue weighted by Crippen LogP contribution is -2.12. The first-order chi connectivity index (χ1) is 17.9. The van der Waals surface area contributed by atoms with Crippen LogP contribution in [0.4, 0.5) is 0 Å². The van der Waals surface area contributed by atoms with Crippen molar-refractivity contribution in [3.63, 3.8) is 0 Å². The number of hydrogen-bond donors (Lipinski definition) is 1. The van der Waals surface area contributed by atoms with Gasteiger partial charge in [-0.25, -0.2) is 9.59 Å². The number of carbonyl (C=O) groups excluding carboxylic acids is 2. The van der Waals surface area contributed by atoms with Crippen molar-refractivity contribution in [3.05, 3.63) is 78.4 Å². The summed E-state index contributed by atoms with van der Waals surface area (Å²) in [7, 11) is 0. The number of rotatable bonds is 13. The predicted octanol–water partition coefficient (Wildman–Crippen LogP) is 5.56. The SMILES string of the molecule is C=CC(=O)OCCc1cc(-c2ccc(C3CCC(C)CC3)cc2)cc(CCOC(=O)C=C)c1OCCO. The molecule has 6 nitrogen and oxygen atoms in total. The lowest BCUT2D eigenvalue weighted by Gasteiger charge is -2.26. The first kappa shape index (κ1) is 28.2. The highest BCUT2D eigenvalue weighted by atomic mass is 16.5. The summed E-state index contributed by atoms with van der Waals surface area (Å²) in [4.78, 5) is 23.1. The molecule has 2 aromatic carbocycles. The molecule has 0 heterocycles. The average molecular weight is 507 g/mol. The zero-order valence-electron chi connectivity index (χ0n) is 21.7. The first-order valence-corrected chi connectivity index (χ1v) is 13.0. The van der Waals surface area contributed by atoms with Gasteiger partial charge in [0.2, 0.25) is 0 Å². The van der Waals surface area contributed by atoms with E-state index in [0.29, 0.717) is 24.5 Å². The van der Waals surface area contributed by atoms with E-state index >= 15 is 0 Å². The van der Waals surface area contributed by atoms with Crippen molar-refractivity contribution >= 4 is 11.9 Å². The Kier molecular flexibility index (Phi) is 11.0. The minimum absolute atomic E-state index is 0.118. The van der Waals surface area contributed by atoms with Crippen LogP contribution in [0.1, 0.15) is 55.2 Å². The van der Waals surface area contributed by atoms with Gasteiger partial charge in [-0.15, -0.1) is 0 Å². The van der Waals surface area contributed by atoms with E-state index in [2.05, 4.69) is 44.3 Å². The van der Waals surface area contributed by atoms with Gasteiger partial charge >= 0.3 is 11.9 Å². The van der Waals surface area contributed by atoms with Crippen molar-refractivity contribution in [2.45, 2.75) is 51.4 Å². The van der Waals surface area contributed by atoms with Gasteiger partial charge in [0.25, 0.3) is 0 Å². The molecule has 0 unspecified atom stereocenters. The minimum Gasteiger partial charge on any atom is -0.491 e. The van der Waals surface area contributed by atoms with Crippen molar-refractivity contribution in [2.24, 2.45) is 5.92 Å². The fourth-order valence-corrected chi connectivity index (χ4v) is 4.81. The Hall–Kier alpha value is -3.38. The van der Waals surface area contributed by atoms with E-state index in [-0.39, 0.29) is 26.4 Å². The molecule has 2 aromatic rings. The Morgan fingerprint density at radius 3 is 1.89 bits per heavy atom. The Balaban J connectivity index is 1.91. The fraction of sp³-hybridized carbons (Fsp3) is 0.419. The summed E-state index contributed by atoms with van der Waals surface area (Å²) in [5.41, 5.74) is 5.13. The lowest BCUT2D eigenvalue weighted by molar-refractivity contribution is -0.138. The zero-order chi connectivity index (χ0) is 26.6. The number of carbonyl (C=O) groups is 2. The standard InChI is InChI=1S/C31H38O6/c1-4-29(33)35-17-14-26-20-28(21-27(31(26)37-19-16-32)15-18-36-30(34)5-2)25-12-10-24(11-13-25)23-8-6-22(3)7-9-23/h4-5,10-13,20-23,32H,1-2,6-9,14-19H2,3H3. The number of esters is 2. The van der Waals surface area contributed by atoms with Crippen LogP contribution in [-0.4, -0.2) is 43.5 Å². The predicted molar refractivity (Wildman–Crippen MR) is 145 cm³/mol. The first-order valence-electron chi connectivity index (χ1n) is 13.0. The summed E-state index contributed by atoms with van der Waals surface area (Å²) in [6.07, 6.45) is 8.14. The topological polar surface area (TPSA) is 82.1 Å². The number of hydrogen-bond acceptors (Lipinski definition) is 6. The molecule has 0 atom stereocenters. The van der Waals surface area contributed by atoms with Crippen LogP contribution in [-0.2, 0) is 31.9 Å². The number of aliphatic hydroxyl groups excluding tert-OH is 1. The molecular formula is C31H38O6. The molecule has 1 fully saturated rings. The van der Waals surface area contributed by atoms with Gasteiger partial charge in [0, 0.05) is 25.0 Å². The van der Waals surface area contributed by atoms with Gasteiger partial charge < -0.3 is 19.3 Å². The molecule has 1 N–H and O–H groups in total. The van der Waals surface area contributed by atoms with Crippen LogP contribution in [0.25, 0.3) is 11.1 Å². The highest BCUT2D eigenvalue weighted by Gasteiger charge is 2.20. The molecule has 0 bridgehead atoms. The van der Waals surface area contributed by atoms with Crippen molar-refractivity contribution in [1.29, 1.82) is 0 Å². The summed E-state index contributed by atoms with van der Waals surface area (Å²) < 4.78 is 16.3. The maximum atomic E-state index is 11.6. The normalized spacial score (nSPS) is 17.0. The van der Waals surface area contributed by atoms with Gasteiger partial charge in [0.15, 0.2) is 0 Å². The van der Waals surface area contributed by atoms with Gasteiger partial charge in [0.05, 0.1) is 19.8 Å². The van der Waals surface area contributed by atoms with E-state index in [1.54, 1.807) is 0 Å². The van der Waals surface area contributed by atoms with Gasteiger partial charge in [-0.2, -0.15) is 0 Å². The molecule has 3 rings (SSSR count). The third kappa shape index (κ3) is 8.32. The van der Waals surface area contributed by atoms with Gasteiger partial charge in [-0.3, -0.25) is 0 Å². The second-order valence-corrected chi connectivity index (χ2v) is 9.52. The maximum absolute atomic E-state index is 11.6. The Morgan fingerprint density at radius 1 is 0.865 bits per heavy atom. The van der Waals surface area contributed by atoms with Gasteiger partial charge in [-0.05, 0) is 64.6 Å². The molecule has 0 spiro atoms. The molecule has 0 radical (unpaired) electrons. The average Bonchev–Trinajstić information content (AvgIpc) is 2.92.